The first kappa shape index (κ1) is 23.6. The maximum absolute atomic E-state index is 13.6. The van der Waals surface area contributed by atoms with Gasteiger partial charge in [-0.3, -0.25) is 14.9 Å². The van der Waals surface area contributed by atoms with Gasteiger partial charge in [-0.2, -0.15) is 0 Å². The molecule has 1 saturated heterocycles. The monoisotopic (exact) mass is 494 g/mol. The Labute approximate surface area is 212 Å². The fourth-order valence-corrected chi connectivity index (χ4v) is 4.17. The van der Waals surface area contributed by atoms with Gasteiger partial charge in [0.05, 0.1) is 23.6 Å². The average Bonchev–Trinajstić information content (AvgIpc) is 3.38. The number of rotatable bonds is 5. The molecule has 2 aliphatic rings. The van der Waals surface area contributed by atoms with Crippen molar-refractivity contribution < 1.29 is 23.9 Å². The fraction of sp³-hybridized carbons (Fsp3) is 0.0714. The molecule has 0 aliphatic carbocycles. The molecular weight excluding hydrogens is 472 g/mol. The first-order valence-electron chi connectivity index (χ1n) is 11.6. The lowest BCUT2D eigenvalue weighted by atomic mass is 10.00. The predicted molar refractivity (Wildman–Crippen MR) is 139 cm³/mol. The van der Waals surface area contributed by atoms with Gasteiger partial charge in [-0.15, -0.1) is 0 Å². The first-order valence-corrected chi connectivity index (χ1v) is 11.6. The fourth-order valence-electron chi connectivity index (χ4n) is 4.17. The van der Waals surface area contributed by atoms with Crippen molar-refractivity contribution in [3.8, 4) is 0 Å². The molecular formula is C28H22N4O5. The topological polar surface area (TPSA) is 117 Å². The van der Waals surface area contributed by atoms with Gasteiger partial charge >= 0.3 is 12.1 Å². The summed E-state index contributed by atoms with van der Waals surface area (Å²) in [5, 5.41) is 7.96. The van der Waals surface area contributed by atoms with Crippen LogP contribution in [0.25, 0.3) is 17.3 Å². The molecule has 5 rings (SSSR count). The number of hydrogen-bond donors (Lipinski definition) is 3. The number of benzene rings is 3. The van der Waals surface area contributed by atoms with E-state index in [4.69, 9.17) is 4.74 Å². The molecule has 9 nitrogen and oxygen atoms in total. The maximum Gasteiger partial charge on any atom is 0.421 e. The van der Waals surface area contributed by atoms with Gasteiger partial charge < -0.3 is 15.4 Å². The molecule has 0 atom stereocenters. The Morgan fingerprint density at radius 1 is 0.919 bits per heavy atom. The van der Waals surface area contributed by atoms with Gasteiger partial charge in [-0.1, -0.05) is 60.7 Å². The number of carbonyl (C=O) groups excluding carboxylic acids is 4. The smallest absolute Gasteiger partial charge is 0.421 e. The SMILES string of the molecule is CCOC(=O)N1C(=O)/C(=C(\Nc2ccc(C=C3NC(=O)NC3=O)cc2)c2ccccc2)c2ccccc21. The van der Waals surface area contributed by atoms with Crippen molar-refractivity contribution in [2.24, 2.45) is 0 Å². The highest BCUT2D eigenvalue weighted by atomic mass is 16.6. The van der Waals surface area contributed by atoms with Crippen LogP contribution in [-0.2, 0) is 14.3 Å². The third-order valence-corrected chi connectivity index (χ3v) is 5.81. The van der Waals surface area contributed by atoms with Crippen LogP contribution in [0.1, 0.15) is 23.6 Å². The molecule has 3 aromatic carbocycles. The lowest BCUT2D eigenvalue weighted by Gasteiger charge is -2.16. The van der Waals surface area contributed by atoms with Crippen LogP contribution >= 0.6 is 0 Å². The molecule has 37 heavy (non-hydrogen) atoms. The van der Waals surface area contributed by atoms with E-state index >= 15 is 0 Å². The number of carbonyl (C=O) groups is 4. The van der Waals surface area contributed by atoms with Crippen LogP contribution in [0.3, 0.4) is 0 Å². The summed E-state index contributed by atoms with van der Waals surface area (Å²) in [6, 6.07) is 23.0. The third kappa shape index (κ3) is 4.57. The first-order chi connectivity index (χ1) is 18.0. The van der Waals surface area contributed by atoms with Gasteiger partial charge in [-0.25, -0.2) is 14.5 Å². The second kappa shape index (κ2) is 9.82. The third-order valence-electron chi connectivity index (χ3n) is 5.81. The van der Waals surface area contributed by atoms with E-state index in [2.05, 4.69) is 16.0 Å². The van der Waals surface area contributed by atoms with Crippen LogP contribution < -0.4 is 20.9 Å². The minimum atomic E-state index is -0.734. The molecule has 2 aliphatic heterocycles. The van der Waals surface area contributed by atoms with Crippen LogP contribution in [0.2, 0.25) is 0 Å². The summed E-state index contributed by atoms with van der Waals surface area (Å²) in [7, 11) is 0. The van der Waals surface area contributed by atoms with Gasteiger partial charge in [0.1, 0.15) is 5.70 Å². The number of urea groups is 1. The van der Waals surface area contributed by atoms with Crippen molar-refractivity contribution in [1.29, 1.82) is 0 Å². The predicted octanol–water partition coefficient (Wildman–Crippen LogP) is 4.35. The second-order valence-corrected chi connectivity index (χ2v) is 8.19. The highest BCUT2D eigenvalue weighted by Crippen LogP contribution is 2.41. The van der Waals surface area contributed by atoms with E-state index in [1.165, 1.54) is 0 Å². The quantitative estimate of drug-likeness (QED) is 0.359. The van der Waals surface area contributed by atoms with E-state index in [1.54, 1.807) is 55.5 Å². The average molecular weight is 495 g/mol. The molecule has 0 saturated carbocycles. The summed E-state index contributed by atoms with van der Waals surface area (Å²) in [5.74, 6) is -0.983. The van der Waals surface area contributed by atoms with Gasteiger partial charge in [0.2, 0.25) is 0 Å². The molecule has 0 radical (unpaired) electrons. The van der Waals surface area contributed by atoms with E-state index in [1.807, 2.05) is 36.4 Å². The number of imide groups is 2. The minimum absolute atomic E-state index is 0.140. The Balaban J connectivity index is 1.56. The number of hydrogen-bond acceptors (Lipinski definition) is 6. The molecule has 0 spiro atoms. The van der Waals surface area contributed by atoms with Crippen LogP contribution in [0.15, 0.2) is 84.6 Å². The highest BCUT2D eigenvalue weighted by molar-refractivity contribution is 6.43. The minimum Gasteiger partial charge on any atom is -0.449 e. The Bertz CT molecular complexity index is 1480. The van der Waals surface area contributed by atoms with Crippen LogP contribution in [-0.4, -0.2) is 30.5 Å². The summed E-state index contributed by atoms with van der Waals surface area (Å²) in [6.45, 7) is 1.83. The lowest BCUT2D eigenvalue weighted by Crippen LogP contribution is -2.34. The van der Waals surface area contributed by atoms with Crippen molar-refractivity contribution >= 4 is 52.7 Å². The zero-order valence-corrected chi connectivity index (χ0v) is 19.8. The van der Waals surface area contributed by atoms with E-state index in [9.17, 15) is 19.2 Å². The largest absolute Gasteiger partial charge is 0.449 e. The zero-order valence-electron chi connectivity index (χ0n) is 19.8. The van der Waals surface area contributed by atoms with Gasteiger partial charge in [0.25, 0.3) is 11.8 Å². The molecule has 3 aromatic rings. The summed E-state index contributed by atoms with van der Waals surface area (Å²) >= 11 is 0. The van der Waals surface area contributed by atoms with Crippen LogP contribution in [0, 0.1) is 0 Å². The van der Waals surface area contributed by atoms with Crippen molar-refractivity contribution in [1.82, 2.24) is 10.6 Å². The standard InChI is InChI=1S/C28H22N4O5/c1-2-37-28(36)32-22-11-7-6-10-20(22)23(26(32)34)24(18-8-4-3-5-9-18)29-19-14-12-17(13-15-19)16-21-25(33)31-27(35)30-21/h3-16,29H,2H2,1H3,(H2,30,31,33,35)/b21-16?,24-23-. The van der Waals surface area contributed by atoms with Gasteiger partial charge in [0, 0.05) is 11.3 Å². The number of nitrogens with one attached hydrogen (secondary N) is 3. The molecule has 1 fully saturated rings. The molecule has 2 heterocycles. The van der Waals surface area contributed by atoms with E-state index in [0.29, 0.717) is 33.8 Å². The number of fused-ring (bicyclic) bond motifs is 1. The van der Waals surface area contributed by atoms with Crippen molar-refractivity contribution in [2.45, 2.75) is 6.92 Å². The molecule has 0 aromatic heterocycles. The number of amides is 5. The van der Waals surface area contributed by atoms with E-state index in [0.717, 1.165) is 10.5 Å². The molecule has 0 bridgehead atoms. The lowest BCUT2D eigenvalue weighted by molar-refractivity contribution is -0.115. The Kier molecular flexibility index (Phi) is 6.25. The molecule has 3 N–H and O–H groups in total. The van der Waals surface area contributed by atoms with Crippen LogP contribution in [0.4, 0.5) is 21.0 Å². The second-order valence-electron chi connectivity index (χ2n) is 8.19. The normalized spacial score (nSPS) is 16.8. The summed E-state index contributed by atoms with van der Waals surface area (Å²) in [6.07, 6.45) is 0.831. The number of nitrogens with zero attached hydrogens (tertiary/aromatic N) is 1. The summed E-state index contributed by atoms with van der Waals surface area (Å²) < 4.78 is 5.15. The Hall–Kier alpha value is -5.18. The molecule has 184 valence electrons. The molecule has 9 heteroatoms. The van der Waals surface area contributed by atoms with Crippen molar-refractivity contribution in [3.05, 3.63) is 101 Å². The maximum atomic E-state index is 13.6. The van der Waals surface area contributed by atoms with Gasteiger partial charge in [-0.05, 0) is 42.3 Å². The number of ether oxygens (including phenoxy) is 1. The molecule has 0 unspecified atom stereocenters. The number of anilines is 2. The zero-order chi connectivity index (χ0) is 25.9. The van der Waals surface area contributed by atoms with Gasteiger partial charge in [0.15, 0.2) is 0 Å². The Morgan fingerprint density at radius 3 is 2.30 bits per heavy atom. The Morgan fingerprint density at radius 2 is 1.62 bits per heavy atom. The van der Waals surface area contributed by atoms with Crippen molar-refractivity contribution in [3.63, 3.8) is 0 Å². The highest BCUT2D eigenvalue weighted by Gasteiger charge is 2.39. The van der Waals surface area contributed by atoms with E-state index < -0.39 is 23.9 Å². The van der Waals surface area contributed by atoms with E-state index in [-0.39, 0.29) is 12.3 Å². The number of para-hydroxylation sites is 1. The summed E-state index contributed by atoms with van der Waals surface area (Å²) in [4.78, 5) is 50.5. The van der Waals surface area contributed by atoms with Crippen molar-refractivity contribution in [2.75, 3.05) is 16.8 Å². The molecule has 5 amide bonds. The summed E-state index contributed by atoms with van der Waals surface area (Å²) in [5.41, 5.74) is 4.21. The van der Waals surface area contributed by atoms with Crippen LogP contribution in [0.5, 0.6) is 0 Å².